The fourth-order valence-corrected chi connectivity index (χ4v) is 2.32. The van der Waals surface area contributed by atoms with Crippen molar-refractivity contribution in [3.8, 4) is 0 Å². The zero-order chi connectivity index (χ0) is 10.1. The Kier molecular flexibility index (Phi) is 2.14. The van der Waals surface area contributed by atoms with E-state index in [1.54, 1.807) is 0 Å². The first-order valence-corrected chi connectivity index (χ1v) is 5.56. The molecule has 1 aliphatic heterocycles. The summed E-state index contributed by atoms with van der Waals surface area (Å²) in [6, 6.07) is 6.04. The Bertz CT molecular complexity index is 456. The zero-order valence-corrected chi connectivity index (χ0v) is 8.63. The number of nitrogens with two attached hydrogens (primary N) is 1. The van der Waals surface area contributed by atoms with Crippen molar-refractivity contribution >= 4 is 5.65 Å². The van der Waals surface area contributed by atoms with Crippen LogP contribution in [0.15, 0.2) is 24.4 Å². The topological polar surface area (TPSA) is 46.8 Å². The minimum atomic E-state index is 0.590. The Morgan fingerprint density at radius 2 is 2.07 bits per heavy atom. The van der Waals surface area contributed by atoms with Gasteiger partial charge in [0, 0.05) is 25.0 Å². The van der Waals surface area contributed by atoms with Crippen LogP contribution in [0.2, 0.25) is 0 Å². The monoisotopic (exact) mass is 203 g/mol. The summed E-state index contributed by atoms with van der Waals surface area (Å²) < 4.78 is 2.12. The molecule has 78 valence electrons. The van der Waals surface area contributed by atoms with Crippen LogP contribution in [0.4, 0.5) is 0 Å². The average Bonchev–Trinajstić information content (AvgIpc) is 2.74. The first kappa shape index (κ1) is 8.85. The maximum atomic E-state index is 4.32. The van der Waals surface area contributed by atoms with Gasteiger partial charge in [-0.2, -0.15) is 0 Å². The number of fused-ring (bicyclic) bond motifs is 1. The fourth-order valence-electron chi connectivity index (χ4n) is 2.32. The lowest BCUT2D eigenvalue weighted by Crippen LogP contribution is -2.86. The summed E-state index contributed by atoms with van der Waals surface area (Å²) in [4.78, 5) is 0. The SMILES string of the molecule is c1ccn2c(C3CC[NH2+]CC3)nnc2c1. The van der Waals surface area contributed by atoms with Crippen molar-refractivity contribution in [2.45, 2.75) is 18.8 Å². The average molecular weight is 203 g/mol. The number of nitrogens with zero attached hydrogens (tertiary/aromatic N) is 3. The lowest BCUT2D eigenvalue weighted by molar-refractivity contribution is -0.663. The molecule has 0 amide bonds. The molecule has 2 N–H and O–H groups in total. The number of pyridine rings is 1. The largest absolute Gasteiger partial charge is 0.346 e. The van der Waals surface area contributed by atoms with E-state index in [1.165, 1.54) is 25.9 Å². The van der Waals surface area contributed by atoms with Gasteiger partial charge in [-0.25, -0.2) is 0 Å². The van der Waals surface area contributed by atoms with Gasteiger partial charge in [0.05, 0.1) is 13.1 Å². The third kappa shape index (κ3) is 1.51. The Balaban J connectivity index is 2.02. The van der Waals surface area contributed by atoms with E-state index >= 15 is 0 Å². The van der Waals surface area contributed by atoms with Crippen molar-refractivity contribution < 1.29 is 5.32 Å². The highest BCUT2D eigenvalue weighted by Crippen LogP contribution is 2.22. The molecule has 0 saturated carbocycles. The molecule has 0 radical (unpaired) electrons. The minimum absolute atomic E-state index is 0.590. The molecule has 1 fully saturated rings. The van der Waals surface area contributed by atoms with E-state index in [0.717, 1.165) is 11.5 Å². The van der Waals surface area contributed by atoms with Crippen LogP contribution in [0.3, 0.4) is 0 Å². The van der Waals surface area contributed by atoms with Crippen molar-refractivity contribution in [2.75, 3.05) is 13.1 Å². The first-order chi connectivity index (χ1) is 7.45. The van der Waals surface area contributed by atoms with Gasteiger partial charge in [0.25, 0.3) is 0 Å². The molecular weight excluding hydrogens is 188 g/mol. The highest BCUT2D eigenvalue weighted by Gasteiger charge is 2.21. The molecule has 0 bridgehead atoms. The van der Waals surface area contributed by atoms with Crippen LogP contribution < -0.4 is 5.32 Å². The van der Waals surface area contributed by atoms with Crippen LogP contribution in [-0.2, 0) is 0 Å². The van der Waals surface area contributed by atoms with Gasteiger partial charge < -0.3 is 5.32 Å². The molecule has 0 spiro atoms. The molecule has 4 heteroatoms. The second-order valence-corrected chi connectivity index (χ2v) is 4.13. The molecule has 15 heavy (non-hydrogen) atoms. The van der Waals surface area contributed by atoms with Crippen molar-refractivity contribution in [1.29, 1.82) is 0 Å². The second-order valence-electron chi connectivity index (χ2n) is 4.13. The molecule has 2 aromatic rings. The van der Waals surface area contributed by atoms with Gasteiger partial charge in [0.2, 0.25) is 0 Å². The summed E-state index contributed by atoms with van der Waals surface area (Å²) in [5, 5.41) is 10.9. The van der Waals surface area contributed by atoms with Gasteiger partial charge in [-0.3, -0.25) is 4.40 Å². The Morgan fingerprint density at radius 1 is 1.20 bits per heavy atom. The molecule has 0 atom stereocenters. The van der Waals surface area contributed by atoms with Crippen LogP contribution >= 0.6 is 0 Å². The highest BCUT2D eigenvalue weighted by atomic mass is 15.2. The molecule has 3 rings (SSSR count). The molecular formula is C11H15N4+. The zero-order valence-electron chi connectivity index (χ0n) is 8.63. The van der Waals surface area contributed by atoms with E-state index in [4.69, 9.17) is 0 Å². The molecule has 0 aliphatic carbocycles. The van der Waals surface area contributed by atoms with Crippen LogP contribution in [0, 0.1) is 0 Å². The van der Waals surface area contributed by atoms with Crippen molar-refractivity contribution in [3.05, 3.63) is 30.2 Å². The molecule has 3 heterocycles. The summed E-state index contributed by atoms with van der Waals surface area (Å²) in [6.07, 6.45) is 4.49. The van der Waals surface area contributed by atoms with E-state index in [2.05, 4.69) is 26.1 Å². The predicted octanol–water partition coefficient (Wildman–Crippen LogP) is 0.170. The first-order valence-electron chi connectivity index (χ1n) is 5.56. The number of hydrogen-bond acceptors (Lipinski definition) is 2. The molecule has 0 unspecified atom stereocenters. The summed E-state index contributed by atoms with van der Waals surface area (Å²) >= 11 is 0. The standard InChI is InChI=1S/C11H14N4/c1-2-8-15-10(3-1)13-14-11(15)9-4-6-12-7-5-9/h1-3,8-9,12H,4-7H2/p+1. The van der Waals surface area contributed by atoms with Crippen LogP contribution in [-0.4, -0.2) is 27.7 Å². The normalized spacial score (nSPS) is 18.4. The van der Waals surface area contributed by atoms with Gasteiger partial charge in [0.15, 0.2) is 5.65 Å². The van der Waals surface area contributed by atoms with E-state index in [9.17, 15) is 0 Å². The van der Waals surface area contributed by atoms with E-state index in [1.807, 2.05) is 18.2 Å². The van der Waals surface area contributed by atoms with Crippen molar-refractivity contribution in [1.82, 2.24) is 14.6 Å². The Labute approximate surface area is 88.3 Å². The second kappa shape index (κ2) is 3.62. The Morgan fingerprint density at radius 3 is 2.93 bits per heavy atom. The van der Waals surface area contributed by atoms with E-state index in [0.29, 0.717) is 5.92 Å². The maximum Gasteiger partial charge on any atom is 0.160 e. The third-order valence-corrected chi connectivity index (χ3v) is 3.14. The summed E-state index contributed by atoms with van der Waals surface area (Å²) in [6.45, 7) is 2.43. The third-order valence-electron chi connectivity index (χ3n) is 3.14. The van der Waals surface area contributed by atoms with E-state index < -0.39 is 0 Å². The summed E-state index contributed by atoms with van der Waals surface area (Å²) in [7, 11) is 0. The number of hydrogen-bond donors (Lipinski definition) is 1. The lowest BCUT2D eigenvalue weighted by Gasteiger charge is -2.18. The number of aromatic nitrogens is 3. The molecule has 1 aliphatic rings. The fraction of sp³-hybridized carbons (Fsp3) is 0.455. The van der Waals surface area contributed by atoms with Gasteiger partial charge in [-0.1, -0.05) is 6.07 Å². The number of rotatable bonds is 1. The number of quaternary nitrogens is 1. The quantitative estimate of drug-likeness (QED) is 0.718. The number of piperidine rings is 1. The van der Waals surface area contributed by atoms with Gasteiger partial charge >= 0.3 is 0 Å². The van der Waals surface area contributed by atoms with Crippen molar-refractivity contribution in [2.24, 2.45) is 0 Å². The highest BCUT2D eigenvalue weighted by molar-refractivity contribution is 5.37. The van der Waals surface area contributed by atoms with Crippen LogP contribution in [0.25, 0.3) is 5.65 Å². The predicted molar refractivity (Wildman–Crippen MR) is 56.6 cm³/mol. The lowest BCUT2D eigenvalue weighted by atomic mass is 9.97. The maximum absolute atomic E-state index is 4.32. The summed E-state index contributed by atoms with van der Waals surface area (Å²) in [5.41, 5.74) is 0.960. The van der Waals surface area contributed by atoms with Crippen LogP contribution in [0.5, 0.6) is 0 Å². The summed E-state index contributed by atoms with van der Waals surface area (Å²) in [5.74, 6) is 1.73. The van der Waals surface area contributed by atoms with Gasteiger partial charge in [0.1, 0.15) is 5.82 Å². The molecule has 1 saturated heterocycles. The molecule has 4 nitrogen and oxygen atoms in total. The molecule has 2 aromatic heterocycles. The minimum Gasteiger partial charge on any atom is -0.346 e. The van der Waals surface area contributed by atoms with Crippen LogP contribution in [0.1, 0.15) is 24.6 Å². The molecule has 0 aromatic carbocycles. The van der Waals surface area contributed by atoms with Crippen molar-refractivity contribution in [3.63, 3.8) is 0 Å². The Hall–Kier alpha value is -1.42. The van der Waals surface area contributed by atoms with Gasteiger partial charge in [-0.05, 0) is 12.1 Å². The smallest absolute Gasteiger partial charge is 0.160 e. The van der Waals surface area contributed by atoms with E-state index in [-0.39, 0.29) is 0 Å². The van der Waals surface area contributed by atoms with Gasteiger partial charge in [-0.15, -0.1) is 10.2 Å².